The van der Waals surface area contributed by atoms with Crippen molar-refractivity contribution in [2.45, 2.75) is 0 Å². The number of rotatable bonds is 3. The Hall–Kier alpha value is -2.35. The third-order valence-corrected chi connectivity index (χ3v) is 6.61. The third-order valence-electron chi connectivity index (χ3n) is 3.69. The van der Waals surface area contributed by atoms with E-state index in [2.05, 4.69) is 56.0 Å². The number of benzene rings is 1. The minimum atomic E-state index is 0.827. The molecule has 0 spiro atoms. The van der Waals surface area contributed by atoms with Crippen LogP contribution in [-0.2, 0) is 0 Å². The first-order valence-corrected chi connectivity index (χ1v) is 9.83. The lowest BCUT2D eigenvalue weighted by atomic mass is 10.2. The lowest BCUT2D eigenvalue weighted by Crippen LogP contribution is -1.94. The summed E-state index contributed by atoms with van der Waals surface area (Å²) in [5, 5.41) is 6.55. The summed E-state index contributed by atoms with van der Waals surface area (Å²) in [6, 6.07) is 12.5. The van der Waals surface area contributed by atoms with Crippen molar-refractivity contribution in [3.05, 3.63) is 53.6 Å². The fraction of sp³-hybridized carbons (Fsp3) is 0. The van der Waals surface area contributed by atoms with Gasteiger partial charge >= 0.3 is 0 Å². The van der Waals surface area contributed by atoms with E-state index in [1.165, 1.54) is 14.5 Å². The van der Waals surface area contributed by atoms with E-state index in [4.69, 9.17) is 0 Å². The van der Waals surface area contributed by atoms with E-state index in [0.717, 1.165) is 27.2 Å². The van der Waals surface area contributed by atoms with Crippen LogP contribution in [-0.4, -0.2) is 15.0 Å². The van der Waals surface area contributed by atoms with E-state index in [9.17, 15) is 0 Å². The molecule has 0 fully saturated rings. The molecule has 24 heavy (non-hydrogen) atoms. The second kappa shape index (κ2) is 5.62. The summed E-state index contributed by atoms with van der Waals surface area (Å²) in [4.78, 5) is 16.7. The van der Waals surface area contributed by atoms with Gasteiger partial charge in [-0.1, -0.05) is 6.07 Å². The van der Waals surface area contributed by atoms with Crippen LogP contribution in [0.25, 0.3) is 30.2 Å². The summed E-state index contributed by atoms with van der Waals surface area (Å²) in [7, 11) is 0. The van der Waals surface area contributed by atoms with Crippen LogP contribution < -0.4 is 5.32 Å². The first-order chi connectivity index (χ1) is 11.9. The highest BCUT2D eigenvalue weighted by molar-refractivity contribution is 7.25. The molecule has 0 aliphatic heterocycles. The highest BCUT2D eigenvalue weighted by Gasteiger charge is 2.11. The number of nitrogens with one attached hydrogen (secondary N) is 1. The maximum Gasteiger partial charge on any atom is 0.142 e. The largest absolute Gasteiger partial charge is 0.340 e. The standard InChI is InChI=1S/C17H10N4S3/c1-2-14(22-5-1)15-7-11-16(18-8-19-17(11)24-15)21-10-3-4-13-12(6-10)20-9-23-13/h1-9H,(H,18,19,21). The van der Waals surface area contributed by atoms with E-state index >= 15 is 0 Å². The first kappa shape index (κ1) is 14.0. The average Bonchev–Trinajstić information content (AvgIpc) is 3.34. The summed E-state index contributed by atoms with van der Waals surface area (Å²) in [5.41, 5.74) is 3.85. The molecule has 1 aromatic carbocycles. The Morgan fingerprint density at radius 2 is 1.92 bits per heavy atom. The minimum absolute atomic E-state index is 0.827. The van der Waals surface area contributed by atoms with E-state index in [-0.39, 0.29) is 0 Å². The molecule has 0 aliphatic carbocycles. The lowest BCUT2D eigenvalue weighted by Gasteiger charge is -2.06. The van der Waals surface area contributed by atoms with Crippen LogP contribution in [0.3, 0.4) is 0 Å². The number of thiophene rings is 2. The van der Waals surface area contributed by atoms with Crippen LogP contribution >= 0.6 is 34.0 Å². The smallest absolute Gasteiger partial charge is 0.142 e. The summed E-state index contributed by atoms with van der Waals surface area (Å²) < 4.78 is 1.18. The van der Waals surface area contributed by atoms with Gasteiger partial charge in [-0.15, -0.1) is 34.0 Å². The van der Waals surface area contributed by atoms with Gasteiger partial charge in [-0.25, -0.2) is 15.0 Å². The van der Waals surface area contributed by atoms with Crippen molar-refractivity contribution in [2.75, 3.05) is 5.32 Å². The lowest BCUT2D eigenvalue weighted by molar-refractivity contribution is 1.23. The van der Waals surface area contributed by atoms with E-state index < -0.39 is 0 Å². The molecule has 1 N–H and O–H groups in total. The molecule has 0 bridgehead atoms. The zero-order valence-electron chi connectivity index (χ0n) is 12.3. The van der Waals surface area contributed by atoms with Crippen LogP contribution in [0.1, 0.15) is 0 Å². The molecule has 0 unspecified atom stereocenters. The van der Waals surface area contributed by atoms with Gasteiger partial charge in [0.2, 0.25) is 0 Å². The summed E-state index contributed by atoms with van der Waals surface area (Å²) in [5.74, 6) is 0.827. The number of anilines is 2. The molecule has 7 heteroatoms. The zero-order valence-corrected chi connectivity index (χ0v) is 14.7. The van der Waals surface area contributed by atoms with Gasteiger partial charge in [-0.05, 0) is 35.7 Å². The fourth-order valence-corrected chi connectivity index (χ4v) is 5.05. The van der Waals surface area contributed by atoms with Crippen LogP contribution in [0.5, 0.6) is 0 Å². The molecule has 4 aromatic heterocycles. The highest BCUT2D eigenvalue weighted by atomic mass is 32.1. The van der Waals surface area contributed by atoms with Gasteiger partial charge in [0, 0.05) is 15.4 Å². The Labute approximate surface area is 149 Å². The van der Waals surface area contributed by atoms with E-state index in [1.54, 1.807) is 40.3 Å². The van der Waals surface area contributed by atoms with Gasteiger partial charge in [0.25, 0.3) is 0 Å². The first-order valence-electron chi connectivity index (χ1n) is 7.25. The van der Waals surface area contributed by atoms with Gasteiger partial charge in [0.05, 0.1) is 21.1 Å². The molecule has 0 aliphatic rings. The number of thiazole rings is 1. The van der Waals surface area contributed by atoms with Crippen molar-refractivity contribution in [1.29, 1.82) is 0 Å². The second-order valence-electron chi connectivity index (χ2n) is 5.19. The molecule has 0 radical (unpaired) electrons. The number of nitrogens with zero attached hydrogens (tertiary/aromatic N) is 3. The van der Waals surface area contributed by atoms with Crippen LogP contribution in [0.4, 0.5) is 11.5 Å². The molecule has 0 atom stereocenters. The Kier molecular flexibility index (Phi) is 3.29. The maximum atomic E-state index is 4.43. The quantitative estimate of drug-likeness (QED) is 0.440. The fourth-order valence-electron chi connectivity index (χ4n) is 2.57. The van der Waals surface area contributed by atoms with Gasteiger partial charge < -0.3 is 5.32 Å². The SMILES string of the molecule is c1csc(-c2cc3c(Nc4ccc5scnc5c4)ncnc3s2)c1. The number of hydrogen-bond donors (Lipinski definition) is 1. The maximum absolute atomic E-state index is 4.43. The molecule has 4 heterocycles. The van der Waals surface area contributed by atoms with E-state index in [0.29, 0.717) is 0 Å². The molecule has 0 saturated heterocycles. The molecular weight excluding hydrogens is 356 g/mol. The summed E-state index contributed by atoms with van der Waals surface area (Å²) in [6.07, 6.45) is 1.61. The van der Waals surface area contributed by atoms with Gasteiger partial charge in [0.15, 0.2) is 0 Å². The molecule has 5 rings (SSSR count). The van der Waals surface area contributed by atoms with Gasteiger partial charge in [-0.3, -0.25) is 0 Å². The Balaban J connectivity index is 1.58. The predicted molar refractivity (Wildman–Crippen MR) is 104 cm³/mol. The van der Waals surface area contributed by atoms with Gasteiger partial charge in [0.1, 0.15) is 17.0 Å². The monoisotopic (exact) mass is 366 g/mol. The van der Waals surface area contributed by atoms with Crippen molar-refractivity contribution in [3.63, 3.8) is 0 Å². The van der Waals surface area contributed by atoms with Crippen molar-refractivity contribution in [3.8, 4) is 9.75 Å². The molecule has 0 saturated carbocycles. The van der Waals surface area contributed by atoms with Crippen molar-refractivity contribution in [2.24, 2.45) is 0 Å². The van der Waals surface area contributed by atoms with Crippen molar-refractivity contribution >= 4 is 65.9 Å². The third kappa shape index (κ3) is 2.37. The Bertz CT molecular complexity index is 1140. The van der Waals surface area contributed by atoms with Crippen molar-refractivity contribution < 1.29 is 0 Å². The minimum Gasteiger partial charge on any atom is -0.340 e. The second-order valence-corrected chi connectivity index (χ2v) is 8.05. The highest BCUT2D eigenvalue weighted by Crippen LogP contribution is 2.37. The van der Waals surface area contributed by atoms with Crippen molar-refractivity contribution in [1.82, 2.24) is 15.0 Å². The summed E-state index contributed by atoms with van der Waals surface area (Å²) >= 11 is 5.08. The number of hydrogen-bond acceptors (Lipinski definition) is 7. The topological polar surface area (TPSA) is 50.7 Å². The molecule has 5 aromatic rings. The Morgan fingerprint density at radius 3 is 2.83 bits per heavy atom. The number of fused-ring (bicyclic) bond motifs is 2. The zero-order chi connectivity index (χ0) is 15.9. The van der Waals surface area contributed by atoms with E-state index in [1.807, 2.05) is 11.6 Å². The van der Waals surface area contributed by atoms with Crippen LogP contribution in [0.2, 0.25) is 0 Å². The normalized spacial score (nSPS) is 11.3. The van der Waals surface area contributed by atoms with Crippen LogP contribution in [0.15, 0.2) is 53.6 Å². The number of aromatic nitrogens is 3. The molecule has 0 amide bonds. The molecular formula is C17H10N4S3. The molecule has 4 nitrogen and oxygen atoms in total. The Morgan fingerprint density at radius 1 is 0.917 bits per heavy atom. The predicted octanol–water partition coefficient (Wildman–Crippen LogP) is 5.77. The van der Waals surface area contributed by atoms with Gasteiger partial charge in [-0.2, -0.15) is 0 Å². The molecule has 116 valence electrons. The summed E-state index contributed by atoms with van der Waals surface area (Å²) in [6.45, 7) is 0. The van der Waals surface area contributed by atoms with Crippen LogP contribution in [0, 0.1) is 0 Å². The average molecular weight is 366 g/mol.